The van der Waals surface area contributed by atoms with Crippen molar-refractivity contribution in [2.75, 3.05) is 0 Å². The van der Waals surface area contributed by atoms with Crippen molar-refractivity contribution < 1.29 is 1.43 Å². The minimum atomic E-state index is 0. The molecular weight excluding hydrogens is 164 g/mol. The molecule has 2 rings (SSSR count). The van der Waals surface area contributed by atoms with Crippen LogP contribution >= 0.6 is 0 Å². The van der Waals surface area contributed by atoms with Crippen molar-refractivity contribution in [3.05, 3.63) is 30.9 Å². The predicted molar refractivity (Wildman–Crippen MR) is 54.4 cm³/mol. The van der Waals surface area contributed by atoms with Crippen LogP contribution in [0.4, 0.5) is 0 Å². The van der Waals surface area contributed by atoms with Crippen LogP contribution in [-0.2, 0) is 0 Å². The molecule has 4 heteroatoms. The van der Waals surface area contributed by atoms with Crippen molar-refractivity contribution >= 4 is 11.0 Å². The van der Waals surface area contributed by atoms with Gasteiger partial charge in [-0.25, -0.2) is 9.97 Å². The van der Waals surface area contributed by atoms with Gasteiger partial charge in [0.25, 0.3) is 0 Å². The van der Waals surface area contributed by atoms with Crippen molar-refractivity contribution in [1.82, 2.24) is 20.2 Å². The Hall–Kier alpha value is -1.71. The molecule has 70 valence electrons. The van der Waals surface area contributed by atoms with Crippen molar-refractivity contribution in [1.29, 1.82) is 0 Å². The van der Waals surface area contributed by atoms with Gasteiger partial charge >= 0.3 is 0 Å². The Morgan fingerprint density at radius 3 is 2.92 bits per heavy atom. The summed E-state index contributed by atoms with van der Waals surface area (Å²) in [7, 11) is 0. The maximum Gasteiger partial charge on any atom is 0.129 e. The summed E-state index contributed by atoms with van der Waals surface area (Å²) in [5.74, 6) is 0. The Labute approximate surface area is 78.2 Å². The van der Waals surface area contributed by atoms with E-state index in [1.165, 1.54) is 6.33 Å². The molecular formula is C9H14N4. The van der Waals surface area contributed by atoms with E-state index in [-0.39, 0.29) is 1.43 Å². The number of H-pyrrole nitrogens is 1. The fourth-order valence-corrected chi connectivity index (χ4v) is 0.890. The Morgan fingerprint density at radius 2 is 2.31 bits per heavy atom. The average molecular weight is 178 g/mol. The van der Waals surface area contributed by atoms with Gasteiger partial charge in [0.1, 0.15) is 17.4 Å². The zero-order chi connectivity index (χ0) is 9.68. The molecule has 1 N–H and O–H groups in total. The SMILES string of the molecule is C=CC.Cc1[nH]nc2cncnc12.[HH]. The van der Waals surface area contributed by atoms with Gasteiger partial charge in [0.15, 0.2) is 0 Å². The highest BCUT2D eigenvalue weighted by molar-refractivity contribution is 5.74. The molecule has 2 aromatic heterocycles. The van der Waals surface area contributed by atoms with E-state index in [4.69, 9.17) is 0 Å². The zero-order valence-corrected chi connectivity index (χ0v) is 7.78. The molecule has 0 bridgehead atoms. The first-order valence-corrected chi connectivity index (χ1v) is 3.97. The summed E-state index contributed by atoms with van der Waals surface area (Å²) in [4.78, 5) is 7.87. The summed E-state index contributed by atoms with van der Waals surface area (Å²) in [6.45, 7) is 7.18. The molecule has 0 unspecified atom stereocenters. The third-order valence-corrected chi connectivity index (χ3v) is 1.39. The van der Waals surface area contributed by atoms with Crippen LogP contribution in [0.15, 0.2) is 25.2 Å². The monoisotopic (exact) mass is 178 g/mol. The molecule has 0 aliphatic heterocycles. The van der Waals surface area contributed by atoms with Crippen LogP contribution in [0.1, 0.15) is 14.0 Å². The standard InChI is InChI=1S/C6H6N4.C3H6.H2/c1-4-6-5(10-9-4)2-7-3-8-6;1-3-2;/h2-3H,1H3,(H,9,10);3H,1H2,2H3;1H. The lowest BCUT2D eigenvalue weighted by Crippen LogP contribution is -1.77. The zero-order valence-electron chi connectivity index (χ0n) is 7.78. The number of aromatic amines is 1. The summed E-state index contributed by atoms with van der Waals surface area (Å²) >= 11 is 0. The van der Waals surface area contributed by atoms with Crippen LogP contribution in [0.2, 0.25) is 0 Å². The molecule has 0 aromatic carbocycles. The first-order valence-electron chi connectivity index (χ1n) is 3.97. The minimum Gasteiger partial charge on any atom is -0.280 e. The summed E-state index contributed by atoms with van der Waals surface area (Å²) < 4.78 is 0. The number of rotatable bonds is 0. The number of allylic oxidation sites excluding steroid dienone is 1. The predicted octanol–water partition coefficient (Wildman–Crippen LogP) is 2.10. The van der Waals surface area contributed by atoms with E-state index < -0.39 is 0 Å². The van der Waals surface area contributed by atoms with Gasteiger partial charge < -0.3 is 0 Å². The highest BCUT2D eigenvalue weighted by Gasteiger charge is 1.98. The Bertz CT molecular complexity index is 396. The molecule has 2 aromatic rings. The number of aryl methyl sites for hydroxylation is 1. The lowest BCUT2D eigenvalue weighted by atomic mass is 10.4. The van der Waals surface area contributed by atoms with Gasteiger partial charge in [0.2, 0.25) is 0 Å². The number of fused-ring (bicyclic) bond motifs is 1. The number of aromatic nitrogens is 4. The minimum absolute atomic E-state index is 0. The molecule has 0 amide bonds. The lowest BCUT2D eigenvalue weighted by Gasteiger charge is -1.83. The molecule has 0 fully saturated rings. The first-order chi connectivity index (χ1) is 6.29. The smallest absolute Gasteiger partial charge is 0.129 e. The van der Waals surface area contributed by atoms with E-state index in [1.807, 2.05) is 13.8 Å². The van der Waals surface area contributed by atoms with Crippen LogP contribution in [0.3, 0.4) is 0 Å². The lowest BCUT2D eigenvalue weighted by molar-refractivity contribution is 1.07. The van der Waals surface area contributed by atoms with Crippen molar-refractivity contribution in [2.45, 2.75) is 13.8 Å². The second kappa shape index (κ2) is 4.35. The van der Waals surface area contributed by atoms with Crippen LogP contribution in [0.25, 0.3) is 11.0 Å². The normalized spacial score (nSPS) is 9.08. The molecule has 0 radical (unpaired) electrons. The van der Waals surface area contributed by atoms with Crippen molar-refractivity contribution in [3.63, 3.8) is 0 Å². The molecule has 4 nitrogen and oxygen atoms in total. The number of nitrogens with zero attached hydrogens (tertiary/aromatic N) is 3. The second-order valence-electron chi connectivity index (χ2n) is 2.51. The first kappa shape index (κ1) is 9.38. The molecule has 13 heavy (non-hydrogen) atoms. The van der Waals surface area contributed by atoms with Gasteiger partial charge in [-0.05, 0) is 13.8 Å². The third kappa shape index (κ3) is 2.11. The van der Waals surface area contributed by atoms with E-state index in [1.54, 1.807) is 12.3 Å². The van der Waals surface area contributed by atoms with Crippen LogP contribution in [0.5, 0.6) is 0 Å². The highest BCUT2D eigenvalue weighted by Crippen LogP contribution is 2.07. The van der Waals surface area contributed by atoms with Crippen LogP contribution in [-0.4, -0.2) is 20.2 Å². The Balaban J connectivity index is 0.000000381. The summed E-state index contributed by atoms with van der Waals surface area (Å²) in [5, 5.41) is 6.79. The number of hydrogen-bond donors (Lipinski definition) is 1. The quantitative estimate of drug-likeness (QED) is 0.628. The summed E-state index contributed by atoms with van der Waals surface area (Å²) in [5.41, 5.74) is 2.70. The molecule has 0 aliphatic carbocycles. The van der Waals surface area contributed by atoms with Crippen LogP contribution < -0.4 is 0 Å². The fourth-order valence-electron chi connectivity index (χ4n) is 0.890. The molecule has 0 saturated carbocycles. The van der Waals surface area contributed by atoms with E-state index in [9.17, 15) is 0 Å². The summed E-state index contributed by atoms with van der Waals surface area (Å²) in [6, 6.07) is 0. The Kier molecular flexibility index (Phi) is 3.14. The molecule has 0 saturated heterocycles. The topological polar surface area (TPSA) is 54.5 Å². The fraction of sp³-hybridized carbons (Fsp3) is 0.222. The summed E-state index contributed by atoms with van der Waals surface area (Å²) in [6.07, 6.45) is 4.96. The van der Waals surface area contributed by atoms with E-state index in [2.05, 4.69) is 26.7 Å². The van der Waals surface area contributed by atoms with Gasteiger partial charge in [-0.1, -0.05) is 6.08 Å². The van der Waals surface area contributed by atoms with Crippen LogP contribution in [0, 0.1) is 6.92 Å². The second-order valence-corrected chi connectivity index (χ2v) is 2.51. The number of nitrogens with one attached hydrogen (secondary N) is 1. The maximum absolute atomic E-state index is 4.04. The van der Waals surface area contributed by atoms with Gasteiger partial charge in [0, 0.05) is 1.43 Å². The van der Waals surface area contributed by atoms with E-state index in [0.29, 0.717) is 0 Å². The third-order valence-electron chi connectivity index (χ3n) is 1.39. The van der Waals surface area contributed by atoms with Gasteiger partial charge in [-0.15, -0.1) is 6.58 Å². The maximum atomic E-state index is 4.04. The number of hydrogen-bond acceptors (Lipinski definition) is 3. The molecule has 0 atom stereocenters. The highest BCUT2D eigenvalue weighted by atomic mass is 15.1. The molecule has 2 heterocycles. The van der Waals surface area contributed by atoms with Gasteiger partial charge in [0.05, 0.1) is 11.9 Å². The van der Waals surface area contributed by atoms with E-state index in [0.717, 1.165) is 16.7 Å². The van der Waals surface area contributed by atoms with Crippen molar-refractivity contribution in [3.8, 4) is 0 Å². The molecule has 0 aliphatic rings. The largest absolute Gasteiger partial charge is 0.280 e. The molecule has 0 spiro atoms. The van der Waals surface area contributed by atoms with E-state index >= 15 is 0 Å². The average Bonchev–Trinajstić information content (AvgIpc) is 2.50. The Morgan fingerprint density at radius 1 is 1.62 bits per heavy atom. The van der Waals surface area contributed by atoms with Gasteiger partial charge in [-0.2, -0.15) is 5.10 Å². The van der Waals surface area contributed by atoms with Gasteiger partial charge in [-0.3, -0.25) is 5.10 Å². The van der Waals surface area contributed by atoms with Crippen molar-refractivity contribution in [2.24, 2.45) is 0 Å².